The fraction of sp³-hybridized carbons (Fsp3) is 0.625. The molecule has 1 N–H and O–H groups in total. The highest BCUT2D eigenvalue weighted by Crippen LogP contribution is 2.39. The van der Waals surface area contributed by atoms with E-state index in [1.165, 1.54) is 24.8 Å². The van der Waals surface area contributed by atoms with Gasteiger partial charge in [0.25, 0.3) is 0 Å². The first-order valence-corrected chi connectivity index (χ1v) is 7.82. The van der Waals surface area contributed by atoms with E-state index in [2.05, 4.69) is 66.4 Å². The van der Waals surface area contributed by atoms with Gasteiger partial charge >= 0.3 is 0 Å². The number of halogens is 1. The molecule has 0 saturated heterocycles. The summed E-state index contributed by atoms with van der Waals surface area (Å²) in [6, 6.07) is 9.29. The Bertz CT molecular complexity index is 363. The third-order valence-electron chi connectivity index (χ3n) is 4.23. The molecule has 3 atom stereocenters. The van der Waals surface area contributed by atoms with E-state index < -0.39 is 0 Å². The Morgan fingerprint density at radius 3 is 2.11 bits per heavy atom. The van der Waals surface area contributed by atoms with E-state index in [1.807, 2.05) is 0 Å². The molecule has 0 aliphatic heterocycles. The van der Waals surface area contributed by atoms with Gasteiger partial charge in [0.05, 0.1) is 0 Å². The molecule has 0 aromatic heterocycles. The number of rotatable bonds is 3. The number of nitrogens with one attached hydrogen (secondary N) is 1. The first-order chi connectivity index (χ1) is 8.60. The summed E-state index contributed by atoms with van der Waals surface area (Å²) in [5.41, 5.74) is 1.42. The lowest BCUT2D eigenvalue weighted by molar-refractivity contribution is 0.180. The lowest BCUT2D eigenvalue weighted by atomic mass is 9.72. The second kappa shape index (κ2) is 6.21. The number of hydrogen-bond donors (Lipinski definition) is 1. The summed E-state index contributed by atoms with van der Waals surface area (Å²) in [5, 5.41) is 3.53. The van der Waals surface area contributed by atoms with Crippen molar-refractivity contribution in [1.82, 2.24) is 5.32 Å². The maximum atomic E-state index is 3.53. The van der Waals surface area contributed by atoms with Crippen LogP contribution in [0.1, 0.15) is 44.7 Å². The Kier molecular flexibility index (Phi) is 4.85. The molecule has 1 aliphatic carbocycles. The van der Waals surface area contributed by atoms with Crippen LogP contribution in [0.5, 0.6) is 0 Å². The molecule has 18 heavy (non-hydrogen) atoms. The second-order valence-corrected chi connectivity index (χ2v) is 6.91. The van der Waals surface area contributed by atoms with Gasteiger partial charge in [0.15, 0.2) is 0 Å². The van der Waals surface area contributed by atoms with Crippen molar-refractivity contribution in [2.75, 3.05) is 7.05 Å². The quantitative estimate of drug-likeness (QED) is 0.847. The first-order valence-electron chi connectivity index (χ1n) is 7.03. The van der Waals surface area contributed by atoms with E-state index in [-0.39, 0.29) is 0 Å². The second-order valence-electron chi connectivity index (χ2n) is 6.00. The van der Waals surface area contributed by atoms with Crippen LogP contribution < -0.4 is 5.32 Å². The summed E-state index contributed by atoms with van der Waals surface area (Å²) in [4.78, 5) is 0. The summed E-state index contributed by atoms with van der Waals surface area (Å²) in [6.07, 6.45) is 4.10. The van der Waals surface area contributed by atoms with Gasteiger partial charge in [0, 0.05) is 10.5 Å². The zero-order valence-electron chi connectivity index (χ0n) is 11.6. The van der Waals surface area contributed by atoms with E-state index in [0.29, 0.717) is 6.04 Å². The molecule has 1 aliphatic rings. The van der Waals surface area contributed by atoms with Crippen LogP contribution in [-0.4, -0.2) is 7.05 Å². The fourth-order valence-electron chi connectivity index (χ4n) is 3.63. The molecule has 100 valence electrons. The van der Waals surface area contributed by atoms with Crippen LogP contribution in [0.4, 0.5) is 0 Å². The minimum atomic E-state index is 0.503. The lowest BCUT2D eigenvalue weighted by Crippen LogP contribution is -2.31. The van der Waals surface area contributed by atoms with Crippen molar-refractivity contribution >= 4 is 15.9 Å². The smallest absolute Gasteiger partial charge is 0.0346 e. The van der Waals surface area contributed by atoms with Crippen LogP contribution in [-0.2, 0) is 0 Å². The predicted octanol–water partition coefficient (Wildman–Crippen LogP) is 4.78. The maximum Gasteiger partial charge on any atom is 0.0346 e. The van der Waals surface area contributed by atoms with Crippen LogP contribution in [0.25, 0.3) is 0 Å². The molecule has 1 aromatic rings. The van der Waals surface area contributed by atoms with Gasteiger partial charge in [-0.05, 0) is 61.8 Å². The summed E-state index contributed by atoms with van der Waals surface area (Å²) < 4.78 is 1.16. The molecule has 0 bridgehead atoms. The molecule has 0 heterocycles. The van der Waals surface area contributed by atoms with Gasteiger partial charge < -0.3 is 5.32 Å². The number of benzene rings is 1. The molecular formula is C16H24BrN. The van der Waals surface area contributed by atoms with Crippen molar-refractivity contribution < 1.29 is 0 Å². The summed E-state index contributed by atoms with van der Waals surface area (Å²) in [5.74, 6) is 2.50. The Labute approximate surface area is 119 Å². The minimum Gasteiger partial charge on any atom is -0.313 e. The highest BCUT2D eigenvalue weighted by Gasteiger charge is 2.29. The van der Waals surface area contributed by atoms with Gasteiger partial charge in [-0.1, -0.05) is 41.9 Å². The first kappa shape index (κ1) is 14.1. The zero-order chi connectivity index (χ0) is 13.1. The van der Waals surface area contributed by atoms with Gasteiger partial charge in [0.1, 0.15) is 0 Å². The molecule has 1 fully saturated rings. The van der Waals surface area contributed by atoms with Gasteiger partial charge in [-0.15, -0.1) is 0 Å². The molecule has 1 nitrogen and oxygen atoms in total. The van der Waals surface area contributed by atoms with Crippen molar-refractivity contribution in [3.8, 4) is 0 Å². The summed E-state index contributed by atoms with van der Waals surface area (Å²) in [7, 11) is 2.09. The molecule has 2 rings (SSSR count). The largest absolute Gasteiger partial charge is 0.313 e. The maximum absolute atomic E-state index is 3.53. The Hall–Kier alpha value is -0.340. The molecular weight excluding hydrogens is 286 g/mol. The molecule has 0 spiro atoms. The molecule has 1 saturated carbocycles. The third-order valence-corrected chi connectivity index (χ3v) is 4.76. The van der Waals surface area contributed by atoms with E-state index in [4.69, 9.17) is 0 Å². The SMILES string of the molecule is CNC(c1ccc(Br)cc1)C1CC(C)CC(C)C1. The molecule has 1 aromatic carbocycles. The van der Waals surface area contributed by atoms with Crippen LogP contribution in [0.15, 0.2) is 28.7 Å². The van der Waals surface area contributed by atoms with E-state index in [1.54, 1.807) is 0 Å². The van der Waals surface area contributed by atoms with E-state index in [9.17, 15) is 0 Å². The van der Waals surface area contributed by atoms with Crippen molar-refractivity contribution in [2.45, 2.75) is 39.2 Å². The van der Waals surface area contributed by atoms with Crippen molar-refractivity contribution in [3.05, 3.63) is 34.3 Å². The highest BCUT2D eigenvalue weighted by atomic mass is 79.9. The normalized spacial score (nSPS) is 30.1. The third kappa shape index (κ3) is 3.36. The lowest BCUT2D eigenvalue weighted by Gasteiger charge is -2.36. The predicted molar refractivity (Wildman–Crippen MR) is 81.6 cm³/mol. The van der Waals surface area contributed by atoms with Gasteiger partial charge in [-0.25, -0.2) is 0 Å². The fourth-order valence-corrected chi connectivity index (χ4v) is 3.89. The summed E-state index contributed by atoms with van der Waals surface area (Å²) in [6.45, 7) is 4.80. The Balaban J connectivity index is 2.14. The summed E-state index contributed by atoms with van der Waals surface area (Å²) >= 11 is 3.51. The van der Waals surface area contributed by atoms with Gasteiger partial charge in [-0.2, -0.15) is 0 Å². The molecule has 3 unspecified atom stereocenters. The van der Waals surface area contributed by atoms with Crippen LogP contribution >= 0.6 is 15.9 Å². The van der Waals surface area contributed by atoms with Crippen LogP contribution in [0.2, 0.25) is 0 Å². The van der Waals surface area contributed by atoms with E-state index in [0.717, 1.165) is 22.2 Å². The van der Waals surface area contributed by atoms with Crippen molar-refractivity contribution in [3.63, 3.8) is 0 Å². The van der Waals surface area contributed by atoms with Crippen LogP contribution in [0, 0.1) is 17.8 Å². The topological polar surface area (TPSA) is 12.0 Å². The van der Waals surface area contributed by atoms with E-state index >= 15 is 0 Å². The van der Waals surface area contributed by atoms with Crippen LogP contribution in [0.3, 0.4) is 0 Å². The molecule has 0 radical (unpaired) electrons. The highest BCUT2D eigenvalue weighted by molar-refractivity contribution is 9.10. The Morgan fingerprint density at radius 2 is 1.61 bits per heavy atom. The standard InChI is InChI=1S/C16H24BrN/c1-11-8-12(2)10-14(9-11)16(18-3)13-4-6-15(17)7-5-13/h4-7,11-12,14,16,18H,8-10H2,1-3H3. The number of hydrogen-bond acceptors (Lipinski definition) is 1. The average molecular weight is 310 g/mol. The molecule has 0 amide bonds. The average Bonchev–Trinajstić information content (AvgIpc) is 2.31. The van der Waals surface area contributed by atoms with Crippen molar-refractivity contribution in [2.24, 2.45) is 17.8 Å². The minimum absolute atomic E-state index is 0.503. The van der Waals surface area contributed by atoms with Gasteiger partial charge in [-0.3, -0.25) is 0 Å². The zero-order valence-corrected chi connectivity index (χ0v) is 13.2. The molecule has 2 heteroatoms. The monoisotopic (exact) mass is 309 g/mol. The van der Waals surface area contributed by atoms with Gasteiger partial charge in [0.2, 0.25) is 0 Å². The Morgan fingerprint density at radius 1 is 1.06 bits per heavy atom. The van der Waals surface area contributed by atoms with Crippen molar-refractivity contribution in [1.29, 1.82) is 0 Å².